The third kappa shape index (κ3) is 3.86. The van der Waals surface area contributed by atoms with Gasteiger partial charge < -0.3 is 25.0 Å². The van der Waals surface area contributed by atoms with Crippen LogP contribution in [0, 0.1) is 0 Å². The highest BCUT2D eigenvalue weighted by Gasteiger charge is 2.16. The molecule has 3 N–H and O–H groups in total. The second kappa shape index (κ2) is 7.81. The molecule has 29 heavy (non-hydrogen) atoms. The lowest BCUT2D eigenvalue weighted by atomic mass is 10.1. The van der Waals surface area contributed by atoms with Crippen LogP contribution in [0.4, 0.5) is 5.82 Å². The minimum absolute atomic E-state index is 0.190. The summed E-state index contributed by atoms with van der Waals surface area (Å²) in [5.74, 6) is 1.37. The number of aromatic nitrogens is 3. The molecule has 0 aliphatic rings. The van der Waals surface area contributed by atoms with Crippen molar-refractivity contribution in [1.82, 2.24) is 19.4 Å². The number of rotatable bonds is 6. The van der Waals surface area contributed by atoms with Gasteiger partial charge in [-0.1, -0.05) is 18.2 Å². The average molecular weight is 389 g/mol. The number of nitrogens with two attached hydrogens (primary N) is 1. The molecule has 0 aliphatic heterocycles. The quantitative estimate of drug-likeness (QED) is 0.526. The van der Waals surface area contributed by atoms with Crippen molar-refractivity contribution in [3.63, 3.8) is 0 Å². The molecule has 4 aromatic rings. The van der Waals surface area contributed by atoms with Gasteiger partial charge in [-0.05, 0) is 43.9 Å². The fraction of sp³-hybridized carbons (Fsp3) is 0.182. The van der Waals surface area contributed by atoms with Crippen molar-refractivity contribution >= 4 is 16.9 Å². The van der Waals surface area contributed by atoms with E-state index >= 15 is 0 Å². The number of ether oxygens (including phenoxy) is 1. The number of benzene rings is 2. The van der Waals surface area contributed by atoms with Crippen molar-refractivity contribution in [1.29, 1.82) is 0 Å². The zero-order valence-corrected chi connectivity index (χ0v) is 16.4. The van der Waals surface area contributed by atoms with Crippen LogP contribution in [0.15, 0.2) is 61.1 Å². The second-order valence-electron chi connectivity index (χ2n) is 7.07. The number of hydrogen-bond acceptors (Lipinski definition) is 6. The Morgan fingerprint density at radius 3 is 2.72 bits per heavy atom. The van der Waals surface area contributed by atoms with Gasteiger partial charge in [-0.2, -0.15) is 0 Å². The van der Waals surface area contributed by atoms with Gasteiger partial charge >= 0.3 is 0 Å². The van der Waals surface area contributed by atoms with E-state index in [2.05, 4.69) is 14.9 Å². The summed E-state index contributed by atoms with van der Waals surface area (Å²) in [5.41, 5.74) is 9.49. The summed E-state index contributed by atoms with van der Waals surface area (Å²) in [6.07, 6.45) is 3.42. The first kappa shape index (κ1) is 18.8. The van der Waals surface area contributed by atoms with Gasteiger partial charge in [-0.25, -0.2) is 9.97 Å². The molecule has 2 aromatic carbocycles. The van der Waals surface area contributed by atoms with Gasteiger partial charge in [0.15, 0.2) is 5.65 Å². The number of nitrogens with zero attached hydrogens (tertiary/aromatic N) is 4. The molecule has 0 radical (unpaired) electrons. The molecular weight excluding hydrogens is 366 g/mol. The van der Waals surface area contributed by atoms with Crippen molar-refractivity contribution in [3.05, 3.63) is 61.1 Å². The van der Waals surface area contributed by atoms with Crippen LogP contribution >= 0.6 is 0 Å². The van der Waals surface area contributed by atoms with Crippen LogP contribution in [0.25, 0.3) is 27.8 Å². The number of phenols is 1. The molecule has 0 fully saturated rings. The van der Waals surface area contributed by atoms with Gasteiger partial charge in [0.1, 0.15) is 30.3 Å². The molecule has 0 saturated carbocycles. The summed E-state index contributed by atoms with van der Waals surface area (Å²) in [5, 5.41) is 10.7. The molecule has 7 nitrogen and oxygen atoms in total. The van der Waals surface area contributed by atoms with Crippen molar-refractivity contribution in [2.24, 2.45) is 0 Å². The molecule has 4 rings (SSSR count). The van der Waals surface area contributed by atoms with E-state index in [0.717, 1.165) is 34.5 Å². The maximum absolute atomic E-state index is 9.91. The molecule has 0 bridgehead atoms. The van der Waals surface area contributed by atoms with E-state index < -0.39 is 0 Å². The third-order valence-electron chi connectivity index (χ3n) is 4.67. The lowest BCUT2D eigenvalue weighted by Gasteiger charge is -2.12. The van der Waals surface area contributed by atoms with Crippen molar-refractivity contribution < 1.29 is 9.84 Å². The van der Waals surface area contributed by atoms with Crippen LogP contribution < -0.4 is 10.5 Å². The van der Waals surface area contributed by atoms with Crippen LogP contribution in [0.3, 0.4) is 0 Å². The molecule has 0 atom stereocenters. The van der Waals surface area contributed by atoms with E-state index in [-0.39, 0.29) is 5.75 Å². The highest BCUT2D eigenvalue weighted by Crippen LogP contribution is 2.35. The Balaban J connectivity index is 1.80. The molecule has 2 heterocycles. The molecule has 0 unspecified atom stereocenters. The number of anilines is 1. The van der Waals surface area contributed by atoms with E-state index in [4.69, 9.17) is 10.5 Å². The summed E-state index contributed by atoms with van der Waals surface area (Å²) < 4.78 is 7.84. The molecule has 0 saturated heterocycles. The normalized spacial score (nSPS) is 11.3. The topological polar surface area (TPSA) is 89.4 Å². The van der Waals surface area contributed by atoms with Crippen LogP contribution in [0.2, 0.25) is 0 Å². The maximum Gasteiger partial charge on any atom is 0.150 e. The Bertz CT molecular complexity index is 1150. The van der Waals surface area contributed by atoms with Crippen molar-refractivity contribution in [2.45, 2.75) is 0 Å². The summed E-state index contributed by atoms with van der Waals surface area (Å²) in [7, 11) is 4.03. The molecule has 0 aliphatic carbocycles. The summed E-state index contributed by atoms with van der Waals surface area (Å²) in [6.45, 7) is 1.44. The highest BCUT2D eigenvalue weighted by atomic mass is 16.5. The fourth-order valence-corrected chi connectivity index (χ4v) is 3.24. The van der Waals surface area contributed by atoms with Crippen molar-refractivity contribution in [3.8, 4) is 28.3 Å². The number of fused-ring (bicyclic) bond motifs is 1. The maximum atomic E-state index is 9.91. The third-order valence-corrected chi connectivity index (χ3v) is 4.67. The lowest BCUT2D eigenvalue weighted by molar-refractivity contribution is 0.261. The Hall–Kier alpha value is -3.58. The van der Waals surface area contributed by atoms with Crippen LogP contribution in [0.1, 0.15) is 0 Å². The van der Waals surface area contributed by atoms with E-state index in [1.54, 1.807) is 18.2 Å². The van der Waals surface area contributed by atoms with E-state index in [0.29, 0.717) is 18.1 Å². The highest BCUT2D eigenvalue weighted by molar-refractivity contribution is 6.01. The summed E-state index contributed by atoms with van der Waals surface area (Å²) >= 11 is 0. The number of aromatic hydroxyl groups is 1. The molecule has 0 spiro atoms. The van der Waals surface area contributed by atoms with Gasteiger partial charge in [0.05, 0.1) is 11.1 Å². The van der Waals surface area contributed by atoms with Crippen LogP contribution in [-0.4, -0.2) is 51.8 Å². The first-order valence-corrected chi connectivity index (χ1v) is 9.32. The number of likely N-dealkylation sites (N-methyl/N-ethyl adjacent to an activating group) is 1. The van der Waals surface area contributed by atoms with Gasteiger partial charge in [0.25, 0.3) is 0 Å². The van der Waals surface area contributed by atoms with E-state index in [1.807, 2.05) is 55.2 Å². The number of hydrogen-bond donors (Lipinski definition) is 2. The summed E-state index contributed by atoms with van der Waals surface area (Å²) in [4.78, 5) is 10.7. The van der Waals surface area contributed by atoms with E-state index in [1.165, 1.54) is 6.33 Å². The van der Waals surface area contributed by atoms with Crippen molar-refractivity contribution in [2.75, 3.05) is 33.0 Å². The van der Waals surface area contributed by atoms with E-state index in [9.17, 15) is 5.11 Å². The largest absolute Gasteiger partial charge is 0.508 e. The average Bonchev–Trinajstić information content (AvgIpc) is 3.09. The Kier molecular flexibility index (Phi) is 5.05. The Morgan fingerprint density at radius 2 is 1.93 bits per heavy atom. The predicted molar refractivity (Wildman–Crippen MR) is 114 cm³/mol. The van der Waals surface area contributed by atoms with Crippen LogP contribution in [-0.2, 0) is 0 Å². The number of nitrogen functional groups attached to an aromatic ring is 1. The fourth-order valence-electron chi connectivity index (χ4n) is 3.24. The molecule has 148 valence electrons. The SMILES string of the molecule is CN(C)CCOc1cccc(-n2cc(-c3cccc(O)c3)c3c(N)ncnc32)c1. The standard InChI is InChI=1S/C22H23N5O2/c1-26(2)9-10-29-18-8-4-6-16(12-18)27-13-19(15-5-3-7-17(28)11-15)20-21(23)24-14-25-22(20)27/h3-8,11-14,28H,9-10H2,1-2H3,(H2,23,24,25). The predicted octanol–water partition coefficient (Wildman–Crippen LogP) is 3.32. The van der Waals surface area contributed by atoms with Gasteiger partial charge in [0.2, 0.25) is 0 Å². The second-order valence-corrected chi connectivity index (χ2v) is 7.07. The zero-order chi connectivity index (χ0) is 20.4. The summed E-state index contributed by atoms with van der Waals surface area (Å²) in [6, 6.07) is 14.9. The molecular formula is C22H23N5O2. The number of phenolic OH excluding ortho intramolecular Hbond substituents is 1. The molecule has 2 aromatic heterocycles. The Morgan fingerprint density at radius 1 is 1.10 bits per heavy atom. The van der Waals surface area contributed by atoms with Gasteiger partial charge in [-0.15, -0.1) is 0 Å². The lowest BCUT2D eigenvalue weighted by Crippen LogP contribution is -2.19. The minimum Gasteiger partial charge on any atom is -0.508 e. The van der Waals surface area contributed by atoms with Gasteiger partial charge in [0, 0.05) is 24.4 Å². The van der Waals surface area contributed by atoms with Gasteiger partial charge in [-0.3, -0.25) is 0 Å². The minimum atomic E-state index is 0.190. The smallest absolute Gasteiger partial charge is 0.150 e. The first-order chi connectivity index (χ1) is 14.0. The molecule has 0 amide bonds. The zero-order valence-electron chi connectivity index (χ0n) is 16.4. The molecule has 7 heteroatoms. The Labute approximate surface area is 169 Å². The monoisotopic (exact) mass is 389 g/mol. The van der Waals surface area contributed by atoms with Crippen LogP contribution in [0.5, 0.6) is 11.5 Å². The first-order valence-electron chi connectivity index (χ1n) is 9.32.